The fourth-order valence-electron chi connectivity index (χ4n) is 3.13. The molecule has 142 valence electrons. The summed E-state index contributed by atoms with van der Waals surface area (Å²) in [5, 5.41) is 8.56. The summed E-state index contributed by atoms with van der Waals surface area (Å²) in [6, 6.07) is 15.3. The van der Waals surface area contributed by atoms with E-state index in [0.29, 0.717) is 24.2 Å². The molecular weight excluding hydrogens is 358 g/mol. The Morgan fingerprint density at radius 3 is 2.75 bits per heavy atom. The Balaban J connectivity index is 1.22. The van der Waals surface area contributed by atoms with Gasteiger partial charge in [0.05, 0.1) is 6.42 Å². The standard InChI is InChI=1S/C21H19N3O4/c25-20(22-10-9-14-12-23-17-7-3-1-5-15(14)17)13-27-21(26)11-18-16-6-2-4-8-19(16)28-24-18/h1-8,12,23H,9-11,13H2,(H,22,25). The van der Waals surface area contributed by atoms with E-state index >= 15 is 0 Å². The number of aromatic nitrogens is 2. The van der Waals surface area contributed by atoms with Crippen LogP contribution in [0.4, 0.5) is 0 Å². The van der Waals surface area contributed by atoms with E-state index < -0.39 is 5.97 Å². The molecule has 0 aliphatic rings. The molecule has 2 N–H and O–H groups in total. The van der Waals surface area contributed by atoms with Gasteiger partial charge in [-0.15, -0.1) is 0 Å². The second-order valence-corrected chi connectivity index (χ2v) is 6.42. The van der Waals surface area contributed by atoms with Crippen molar-refractivity contribution >= 4 is 33.7 Å². The minimum atomic E-state index is -0.522. The topological polar surface area (TPSA) is 97.2 Å². The first-order chi connectivity index (χ1) is 13.7. The van der Waals surface area contributed by atoms with Crippen molar-refractivity contribution in [3.8, 4) is 0 Å². The summed E-state index contributed by atoms with van der Waals surface area (Å²) in [5.41, 5.74) is 3.31. The van der Waals surface area contributed by atoms with Gasteiger partial charge in [0.2, 0.25) is 0 Å². The van der Waals surface area contributed by atoms with E-state index in [-0.39, 0.29) is 18.9 Å². The molecule has 1 amide bonds. The first-order valence-electron chi connectivity index (χ1n) is 9.01. The molecular formula is C21H19N3O4. The molecule has 0 aliphatic carbocycles. The van der Waals surface area contributed by atoms with Crippen molar-refractivity contribution in [3.63, 3.8) is 0 Å². The summed E-state index contributed by atoms with van der Waals surface area (Å²) in [6.45, 7) is 0.147. The number of nitrogens with zero attached hydrogens (tertiary/aromatic N) is 1. The Labute approximate surface area is 160 Å². The van der Waals surface area contributed by atoms with Gasteiger partial charge in [0.1, 0.15) is 5.69 Å². The highest BCUT2D eigenvalue weighted by Gasteiger charge is 2.14. The third kappa shape index (κ3) is 3.88. The summed E-state index contributed by atoms with van der Waals surface area (Å²) in [5.74, 6) is -0.857. The Bertz CT molecular complexity index is 1130. The molecule has 4 aromatic rings. The lowest BCUT2D eigenvalue weighted by Crippen LogP contribution is -2.30. The van der Waals surface area contributed by atoms with E-state index in [2.05, 4.69) is 15.5 Å². The maximum Gasteiger partial charge on any atom is 0.312 e. The highest BCUT2D eigenvalue weighted by Crippen LogP contribution is 2.19. The Morgan fingerprint density at radius 2 is 1.86 bits per heavy atom. The molecule has 0 saturated carbocycles. The van der Waals surface area contributed by atoms with Crippen LogP contribution in [-0.4, -0.2) is 35.2 Å². The maximum atomic E-state index is 12.0. The highest BCUT2D eigenvalue weighted by molar-refractivity contribution is 5.86. The van der Waals surface area contributed by atoms with Gasteiger partial charge in [-0.05, 0) is 30.2 Å². The summed E-state index contributed by atoms with van der Waals surface area (Å²) in [6.07, 6.45) is 2.59. The van der Waals surface area contributed by atoms with Gasteiger partial charge in [-0.2, -0.15) is 0 Å². The third-order valence-electron chi connectivity index (χ3n) is 4.52. The van der Waals surface area contributed by atoms with Gasteiger partial charge in [-0.1, -0.05) is 35.5 Å². The van der Waals surface area contributed by atoms with Crippen LogP contribution < -0.4 is 5.32 Å². The van der Waals surface area contributed by atoms with Crippen LogP contribution in [0.2, 0.25) is 0 Å². The number of hydrogen-bond donors (Lipinski definition) is 2. The number of nitrogens with one attached hydrogen (secondary N) is 2. The minimum Gasteiger partial charge on any atom is -0.455 e. The number of rotatable bonds is 7. The molecule has 0 radical (unpaired) electrons. The van der Waals surface area contributed by atoms with Crippen LogP contribution in [0.5, 0.6) is 0 Å². The number of carbonyl (C=O) groups excluding carboxylic acids is 2. The molecule has 2 heterocycles. The molecule has 7 nitrogen and oxygen atoms in total. The van der Waals surface area contributed by atoms with Crippen LogP contribution in [0.15, 0.2) is 59.3 Å². The maximum absolute atomic E-state index is 12.0. The number of para-hydroxylation sites is 2. The lowest BCUT2D eigenvalue weighted by Gasteiger charge is -2.06. The van der Waals surface area contributed by atoms with E-state index in [1.165, 1.54) is 0 Å². The van der Waals surface area contributed by atoms with Crippen molar-refractivity contribution in [2.75, 3.05) is 13.2 Å². The van der Waals surface area contributed by atoms with Crippen LogP contribution in [0, 0.1) is 0 Å². The SMILES string of the molecule is O=C(COC(=O)Cc1noc2ccccc12)NCCc1c[nH]c2ccccc12. The molecule has 0 fully saturated rings. The zero-order valence-electron chi connectivity index (χ0n) is 15.1. The molecule has 0 bridgehead atoms. The van der Waals surface area contributed by atoms with E-state index in [1.807, 2.05) is 48.7 Å². The van der Waals surface area contributed by atoms with Crippen molar-refractivity contribution in [3.05, 3.63) is 66.0 Å². The highest BCUT2D eigenvalue weighted by atomic mass is 16.5. The average molecular weight is 377 g/mol. The van der Waals surface area contributed by atoms with Crippen LogP contribution in [0.1, 0.15) is 11.3 Å². The van der Waals surface area contributed by atoms with E-state index in [1.54, 1.807) is 6.07 Å². The lowest BCUT2D eigenvalue weighted by molar-refractivity contribution is -0.147. The minimum absolute atomic E-state index is 0.0420. The molecule has 0 aliphatic heterocycles. The Morgan fingerprint density at radius 1 is 1.07 bits per heavy atom. The molecule has 28 heavy (non-hydrogen) atoms. The number of benzene rings is 2. The van der Waals surface area contributed by atoms with Gasteiger partial charge < -0.3 is 19.6 Å². The summed E-state index contributed by atoms with van der Waals surface area (Å²) in [7, 11) is 0. The molecule has 7 heteroatoms. The number of aromatic amines is 1. The lowest BCUT2D eigenvalue weighted by atomic mass is 10.1. The number of amides is 1. The van der Waals surface area contributed by atoms with Crippen molar-refractivity contribution in [1.82, 2.24) is 15.5 Å². The quantitative estimate of drug-likeness (QED) is 0.483. The summed E-state index contributed by atoms with van der Waals surface area (Å²) < 4.78 is 10.2. The van der Waals surface area contributed by atoms with Crippen molar-refractivity contribution in [2.24, 2.45) is 0 Å². The fourth-order valence-corrected chi connectivity index (χ4v) is 3.13. The molecule has 0 spiro atoms. The van der Waals surface area contributed by atoms with Crippen LogP contribution in [0.3, 0.4) is 0 Å². The van der Waals surface area contributed by atoms with Crippen LogP contribution in [-0.2, 0) is 27.2 Å². The van der Waals surface area contributed by atoms with Gasteiger partial charge in [-0.25, -0.2) is 0 Å². The molecule has 0 saturated heterocycles. The Kier molecular flexibility index (Phi) is 5.05. The normalized spacial score (nSPS) is 11.0. The number of carbonyl (C=O) groups is 2. The molecule has 0 unspecified atom stereocenters. The monoisotopic (exact) mass is 377 g/mol. The summed E-state index contributed by atoms with van der Waals surface area (Å²) in [4.78, 5) is 27.1. The number of fused-ring (bicyclic) bond motifs is 2. The number of ether oxygens (including phenoxy) is 1. The second-order valence-electron chi connectivity index (χ2n) is 6.42. The van der Waals surface area contributed by atoms with Crippen LogP contribution >= 0.6 is 0 Å². The first-order valence-corrected chi connectivity index (χ1v) is 9.01. The second kappa shape index (κ2) is 7.96. The van der Waals surface area contributed by atoms with Gasteiger partial charge in [-0.3, -0.25) is 9.59 Å². The zero-order chi connectivity index (χ0) is 19.3. The number of H-pyrrole nitrogens is 1. The van der Waals surface area contributed by atoms with Gasteiger partial charge in [0.15, 0.2) is 12.2 Å². The fraction of sp³-hybridized carbons (Fsp3) is 0.190. The van der Waals surface area contributed by atoms with Gasteiger partial charge in [0.25, 0.3) is 5.91 Å². The van der Waals surface area contributed by atoms with Gasteiger partial charge >= 0.3 is 5.97 Å². The van der Waals surface area contributed by atoms with Gasteiger partial charge in [0, 0.05) is 29.0 Å². The predicted molar refractivity (Wildman–Crippen MR) is 104 cm³/mol. The molecule has 2 aromatic heterocycles. The van der Waals surface area contributed by atoms with E-state index in [4.69, 9.17) is 9.26 Å². The molecule has 4 rings (SSSR count). The zero-order valence-corrected chi connectivity index (χ0v) is 15.1. The van der Waals surface area contributed by atoms with Crippen LogP contribution in [0.25, 0.3) is 21.9 Å². The van der Waals surface area contributed by atoms with E-state index in [0.717, 1.165) is 21.9 Å². The average Bonchev–Trinajstić information content (AvgIpc) is 3.31. The van der Waals surface area contributed by atoms with E-state index in [9.17, 15) is 9.59 Å². The molecule has 0 atom stereocenters. The number of esters is 1. The number of hydrogen-bond acceptors (Lipinski definition) is 5. The Hall–Kier alpha value is -3.61. The third-order valence-corrected chi connectivity index (χ3v) is 4.52. The van der Waals surface area contributed by atoms with Crippen molar-refractivity contribution in [2.45, 2.75) is 12.8 Å². The predicted octanol–water partition coefficient (Wildman–Crippen LogP) is 2.75. The van der Waals surface area contributed by atoms with Crippen molar-refractivity contribution < 1.29 is 18.8 Å². The smallest absolute Gasteiger partial charge is 0.312 e. The largest absolute Gasteiger partial charge is 0.455 e. The summed E-state index contributed by atoms with van der Waals surface area (Å²) >= 11 is 0. The molecule has 2 aromatic carbocycles. The van der Waals surface area contributed by atoms with Crippen molar-refractivity contribution in [1.29, 1.82) is 0 Å². The first kappa shape index (κ1) is 17.8.